The minimum absolute atomic E-state index is 0.0275. The third-order valence-corrected chi connectivity index (χ3v) is 11.7. The number of phosphoric ester groups is 1. The Hall–Kier alpha value is -3.70. The first-order chi connectivity index (χ1) is 27.6. The minimum Gasteiger partial charge on any atom is -0.469 e. The number of aliphatic hydroxyl groups excluding tert-OH is 1. The summed E-state index contributed by atoms with van der Waals surface area (Å²) in [4.78, 5) is 19.0. The number of nitrogens with one attached hydrogen (secondary N) is 1. The lowest BCUT2D eigenvalue weighted by Crippen LogP contribution is -2.35. The van der Waals surface area contributed by atoms with E-state index < -0.39 is 50.0 Å². The molecule has 2 fully saturated rings. The van der Waals surface area contributed by atoms with Crippen LogP contribution in [0.4, 0.5) is 5.82 Å². The first-order valence-corrected chi connectivity index (χ1v) is 21.9. The van der Waals surface area contributed by atoms with Crippen molar-refractivity contribution in [2.45, 2.75) is 145 Å². The van der Waals surface area contributed by atoms with Gasteiger partial charge in [0.25, 0.3) is 0 Å². The van der Waals surface area contributed by atoms with Crippen LogP contribution in [0.2, 0.25) is 0 Å². The molecule has 5 rings (SSSR count). The van der Waals surface area contributed by atoms with Crippen LogP contribution >= 0.6 is 7.82 Å². The number of anilines is 1. The Balaban J connectivity index is 1.05. The van der Waals surface area contributed by atoms with Crippen molar-refractivity contribution in [3.63, 3.8) is 0 Å². The van der Waals surface area contributed by atoms with Crippen LogP contribution in [0.5, 0.6) is 5.88 Å². The fraction of sp³-hybridized carbons (Fsp3) is 0.675. The number of nitriles is 2. The van der Waals surface area contributed by atoms with E-state index in [-0.39, 0.29) is 18.2 Å². The number of hydrogen-bond acceptors (Lipinski definition) is 14. The standard InChI is InChI=1S/C40H58N7O9P/c1-3-4-5-6-7-8-9-10-11-12-13-14-15-16-17-18-24-52-26-31(54-34-21-19-20-30(25-41)46-34)27-53-57(50,51)56-38-39(28-42)40(38,49)36(48)35(55-39)32-22-23-33-37(43-2)44-29-45-47(32)33/h19-23,29,31,35-36,38,48-49H,3-18,24,26-27H2,1-2H3,(H,50,51)(H,43,44,45)/t31-,35+,36+,38?,39-,40-/m1/s1. The molecular weight excluding hydrogens is 753 g/mol. The Morgan fingerprint density at radius 3 is 2.21 bits per heavy atom. The van der Waals surface area contributed by atoms with Crippen molar-refractivity contribution < 1.29 is 42.9 Å². The monoisotopic (exact) mass is 811 g/mol. The number of pyridine rings is 1. The summed E-state index contributed by atoms with van der Waals surface area (Å²) in [5.41, 5.74) is -3.53. The van der Waals surface area contributed by atoms with Crippen molar-refractivity contribution >= 4 is 19.2 Å². The van der Waals surface area contributed by atoms with Gasteiger partial charge in [0.1, 0.15) is 48.0 Å². The van der Waals surface area contributed by atoms with Gasteiger partial charge in [-0.2, -0.15) is 15.6 Å². The normalized spacial score (nSPS) is 24.0. The van der Waals surface area contributed by atoms with Gasteiger partial charge in [-0.1, -0.05) is 109 Å². The molecule has 0 radical (unpaired) electrons. The van der Waals surface area contributed by atoms with Gasteiger partial charge in [-0.25, -0.2) is 19.0 Å². The highest BCUT2D eigenvalue weighted by Crippen LogP contribution is 2.68. The molecular formula is C40H58N7O9P. The molecule has 3 aromatic heterocycles. The first kappa shape index (κ1) is 44.4. The van der Waals surface area contributed by atoms with Gasteiger partial charge in [0.05, 0.1) is 18.9 Å². The van der Waals surface area contributed by atoms with Crippen LogP contribution in [-0.4, -0.2) is 91.1 Å². The summed E-state index contributed by atoms with van der Waals surface area (Å²) in [6.45, 7) is 2.16. The zero-order chi connectivity index (χ0) is 40.7. The van der Waals surface area contributed by atoms with E-state index in [4.69, 9.17) is 23.3 Å². The van der Waals surface area contributed by atoms with Crippen molar-refractivity contribution in [2.24, 2.45) is 0 Å². The van der Waals surface area contributed by atoms with Gasteiger partial charge >= 0.3 is 7.82 Å². The molecule has 1 aliphatic heterocycles. The summed E-state index contributed by atoms with van der Waals surface area (Å²) in [5.74, 6) is 0.591. The lowest BCUT2D eigenvalue weighted by Gasteiger charge is -2.24. The maximum absolute atomic E-state index is 13.2. The number of unbranched alkanes of at least 4 members (excludes halogenated alkanes) is 15. The molecule has 1 aliphatic carbocycles. The SMILES string of the molecule is CCCCCCCCCCCCCCCCCCOC[C@H](COP(=O)(O)OC1[C@@]2(C#N)O[C@@H](c3ccc4c(NC)ncnn34)[C@H](O)[C@@]12O)Oc1cccc(C#N)n1. The predicted octanol–water partition coefficient (Wildman–Crippen LogP) is 6.70. The number of aliphatic hydroxyl groups is 2. The number of hydrogen-bond donors (Lipinski definition) is 4. The second kappa shape index (κ2) is 21.3. The van der Waals surface area contributed by atoms with Crippen LogP contribution in [0, 0.1) is 22.7 Å². The largest absolute Gasteiger partial charge is 0.472 e. The molecule has 57 heavy (non-hydrogen) atoms. The van der Waals surface area contributed by atoms with E-state index in [0.29, 0.717) is 23.6 Å². The topological polar surface area (TPSA) is 227 Å². The average molecular weight is 812 g/mol. The molecule has 0 bridgehead atoms. The summed E-state index contributed by atoms with van der Waals surface area (Å²) in [5, 5.41) is 49.2. The third kappa shape index (κ3) is 11.1. The molecule has 1 saturated heterocycles. The molecule has 16 nitrogen and oxygen atoms in total. The maximum atomic E-state index is 13.2. The second-order valence-corrected chi connectivity index (χ2v) is 16.3. The molecule has 0 spiro atoms. The zero-order valence-electron chi connectivity index (χ0n) is 33.1. The molecule has 4 heterocycles. The Morgan fingerprint density at radius 2 is 1.61 bits per heavy atom. The molecule has 4 N–H and O–H groups in total. The molecule has 1 saturated carbocycles. The quantitative estimate of drug-likeness (QED) is 0.0442. The van der Waals surface area contributed by atoms with E-state index in [0.717, 1.165) is 19.3 Å². The van der Waals surface area contributed by atoms with Gasteiger partial charge in [0.15, 0.2) is 17.5 Å². The average Bonchev–Trinajstić information content (AvgIpc) is 3.44. The number of fused-ring (bicyclic) bond motifs is 2. The van der Waals surface area contributed by atoms with Gasteiger partial charge in [0, 0.05) is 19.7 Å². The van der Waals surface area contributed by atoms with Crippen LogP contribution in [0.15, 0.2) is 36.7 Å². The molecule has 2 aliphatic rings. The van der Waals surface area contributed by atoms with Gasteiger partial charge in [0.2, 0.25) is 11.5 Å². The number of aromatic nitrogens is 4. The number of rotatable bonds is 28. The minimum atomic E-state index is -4.99. The van der Waals surface area contributed by atoms with Crippen LogP contribution < -0.4 is 10.1 Å². The maximum Gasteiger partial charge on any atom is 0.472 e. The summed E-state index contributed by atoms with van der Waals surface area (Å²) < 4.78 is 42.9. The van der Waals surface area contributed by atoms with Gasteiger partial charge in [-0.05, 0) is 24.6 Å². The summed E-state index contributed by atoms with van der Waals surface area (Å²) in [6, 6.07) is 11.7. The van der Waals surface area contributed by atoms with E-state index in [9.17, 15) is 30.2 Å². The van der Waals surface area contributed by atoms with Gasteiger partial charge in [-0.3, -0.25) is 9.05 Å². The molecule has 3 aromatic rings. The number of ether oxygens (including phenoxy) is 3. The van der Waals surface area contributed by atoms with E-state index >= 15 is 0 Å². The Bertz CT molecular complexity index is 1850. The van der Waals surface area contributed by atoms with Gasteiger partial charge in [-0.15, -0.1) is 0 Å². The molecule has 0 aromatic carbocycles. The van der Waals surface area contributed by atoms with E-state index in [2.05, 4.69) is 27.3 Å². The highest BCUT2D eigenvalue weighted by Gasteiger charge is 2.90. The fourth-order valence-corrected chi connectivity index (χ4v) is 8.49. The fourth-order valence-electron chi connectivity index (χ4n) is 7.50. The molecule has 312 valence electrons. The Labute approximate surface area is 335 Å². The summed E-state index contributed by atoms with van der Waals surface area (Å²) in [6.07, 6.45) is 15.8. The number of phosphoric acid groups is 1. The molecule has 2 unspecified atom stereocenters. The van der Waals surface area contributed by atoms with Crippen molar-refractivity contribution in [1.82, 2.24) is 19.6 Å². The van der Waals surface area contributed by atoms with Crippen molar-refractivity contribution in [3.8, 4) is 18.0 Å². The summed E-state index contributed by atoms with van der Waals surface area (Å²) in [7, 11) is -3.31. The summed E-state index contributed by atoms with van der Waals surface area (Å²) >= 11 is 0. The van der Waals surface area contributed by atoms with E-state index in [1.807, 2.05) is 12.1 Å². The molecule has 7 atom stereocenters. The second-order valence-electron chi connectivity index (χ2n) is 14.9. The van der Waals surface area contributed by atoms with Crippen molar-refractivity contribution in [3.05, 3.63) is 48.0 Å². The Morgan fingerprint density at radius 1 is 0.965 bits per heavy atom. The highest BCUT2D eigenvalue weighted by molar-refractivity contribution is 7.47. The predicted molar refractivity (Wildman–Crippen MR) is 210 cm³/mol. The van der Waals surface area contributed by atoms with Gasteiger partial charge < -0.3 is 34.6 Å². The first-order valence-electron chi connectivity index (χ1n) is 20.4. The molecule has 17 heteroatoms. The van der Waals surface area contributed by atoms with E-state index in [1.165, 1.54) is 106 Å². The van der Waals surface area contributed by atoms with Crippen LogP contribution in [-0.2, 0) is 23.1 Å². The van der Waals surface area contributed by atoms with Crippen LogP contribution in [0.1, 0.15) is 127 Å². The van der Waals surface area contributed by atoms with Crippen LogP contribution in [0.25, 0.3) is 5.52 Å². The third-order valence-electron chi connectivity index (χ3n) is 10.7. The molecule has 0 amide bonds. The number of nitrogens with zero attached hydrogens (tertiary/aromatic N) is 6. The Kier molecular flexibility index (Phi) is 16.6. The van der Waals surface area contributed by atoms with Crippen molar-refractivity contribution in [1.29, 1.82) is 10.5 Å². The lowest BCUT2D eigenvalue weighted by molar-refractivity contribution is -0.0761. The van der Waals surface area contributed by atoms with Crippen molar-refractivity contribution in [2.75, 3.05) is 32.2 Å². The van der Waals surface area contributed by atoms with Crippen LogP contribution in [0.3, 0.4) is 0 Å². The smallest absolute Gasteiger partial charge is 0.469 e. The lowest BCUT2D eigenvalue weighted by atomic mass is 10.0. The van der Waals surface area contributed by atoms with E-state index in [1.54, 1.807) is 25.2 Å². The highest BCUT2D eigenvalue weighted by atomic mass is 31.2. The zero-order valence-corrected chi connectivity index (χ0v) is 34.0.